The minimum absolute atomic E-state index is 0.0616. The van der Waals surface area contributed by atoms with E-state index in [1.807, 2.05) is 11.8 Å². The molecule has 6 heteroatoms. The Kier molecular flexibility index (Phi) is 6.75. The summed E-state index contributed by atoms with van der Waals surface area (Å²) >= 11 is 0. The fourth-order valence-electron chi connectivity index (χ4n) is 4.97. The number of hydrogen-bond donors (Lipinski definition) is 0. The van der Waals surface area contributed by atoms with E-state index in [9.17, 15) is 4.79 Å². The maximum absolute atomic E-state index is 13.2. The van der Waals surface area contributed by atoms with Gasteiger partial charge in [-0.1, -0.05) is 80.4 Å². The Labute approximate surface area is 178 Å². The third-order valence-corrected chi connectivity index (χ3v) is 12.5. The maximum atomic E-state index is 13.2. The number of likely N-dealkylation sites (tertiary alicyclic amines) is 1. The molecule has 29 heavy (non-hydrogen) atoms. The van der Waals surface area contributed by atoms with Gasteiger partial charge in [0.1, 0.15) is 6.23 Å². The first-order valence-corrected chi connectivity index (χ1v) is 17.7. The molecule has 2 bridgehead atoms. The summed E-state index contributed by atoms with van der Waals surface area (Å²) in [6, 6.07) is 11.9. The van der Waals surface area contributed by atoms with Crippen LogP contribution in [0, 0.1) is 5.92 Å². The van der Waals surface area contributed by atoms with Gasteiger partial charge in [-0.15, -0.1) is 0 Å². The average Bonchev–Trinajstić information content (AvgIpc) is 2.86. The molecule has 1 amide bonds. The van der Waals surface area contributed by atoms with Gasteiger partial charge in [0.15, 0.2) is 0 Å². The van der Waals surface area contributed by atoms with Gasteiger partial charge < -0.3 is 9.47 Å². The molecule has 1 fully saturated rings. The Hall–Kier alpha value is -1.38. The maximum Gasteiger partial charge on any atom is 0.412 e. The lowest BCUT2D eigenvalue weighted by Crippen LogP contribution is -2.52. The summed E-state index contributed by atoms with van der Waals surface area (Å²) in [7, 11) is -3.08. The zero-order valence-corrected chi connectivity index (χ0v) is 20.9. The van der Waals surface area contributed by atoms with Crippen LogP contribution in [0.4, 0.5) is 4.79 Å². The van der Waals surface area contributed by atoms with Crippen molar-refractivity contribution in [1.29, 1.82) is 0 Å². The van der Waals surface area contributed by atoms with Crippen LogP contribution in [-0.2, 0) is 9.47 Å². The molecule has 1 heterocycles. The molecule has 2 aliphatic rings. The lowest BCUT2D eigenvalue weighted by atomic mass is 9.94. The van der Waals surface area contributed by atoms with E-state index in [4.69, 9.17) is 9.47 Å². The van der Waals surface area contributed by atoms with E-state index < -0.39 is 16.1 Å². The van der Waals surface area contributed by atoms with Gasteiger partial charge >= 0.3 is 6.09 Å². The molecule has 0 radical (unpaired) electrons. The summed E-state index contributed by atoms with van der Waals surface area (Å²) in [5.74, 6) is 0.330. The standard InChI is InChI=1S/C23H37NO3Si2/c1-7-26-22-19-14-11-15-20(24(22)23(25)27-16-17-28(2,3)4)21(19)29(5,6)18-12-9-8-10-13-18/h8-13,15,19-22H,7,14,16-17H2,1-6H3/t19-,20+,21?,22+/m0/s1. The summed E-state index contributed by atoms with van der Waals surface area (Å²) < 4.78 is 12.0. The van der Waals surface area contributed by atoms with Gasteiger partial charge in [-0.2, -0.15) is 0 Å². The summed E-state index contributed by atoms with van der Waals surface area (Å²) in [6.07, 6.45) is 5.04. The fourth-order valence-corrected chi connectivity index (χ4v) is 9.62. The van der Waals surface area contributed by atoms with Crippen molar-refractivity contribution in [2.45, 2.75) is 69.9 Å². The van der Waals surface area contributed by atoms with Crippen LogP contribution >= 0.6 is 0 Å². The minimum Gasteiger partial charge on any atom is -0.450 e. The molecule has 160 valence electrons. The Morgan fingerprint density at radius 2 is 1.83 bits per heavy atom. The number of nitrogens with zero attached hydrogens (tertiary/aromatic N) is 1. The van der Waals surface area contributed by atoms with Crippen molar-refractivity contribution in [1.82, 2.24) is 4.90 Å². The minimum atomic E-state index is -1.84. The van der Waals surface area contributed by atoms with Crippen LogP contribution in [0.3, 0.4) is 0 Å². The molecule has 1 aromatic rings. The van der Waals surface area contributed by atoms with E-state index in [0.717, 1.165) is 12.5 Å². The van der Waals surface area contributed by atoms with Gasteiger partial charge in [-0.05, 0) is 24.9 Å². The first-order chi connectivity index (χ1) is 13.7. The van der Waals surface area contributed by atoms with Crippen molar-refractivity contribution < 1.29 is 14.3 Å². The Bertz CT molecular complexity index is 729. The quantitative estimate of drug-likeness (QED) is 0.447. The van der Waals surface area contributed by atoms with Crippen LogP contribution in [0.1, 0.15) is 13.3 Å². The largest absolute Gasteiger partial charge is 0.450 e. The van der Waals surface area contributed by atoms with Crippen LogP contribution in [0.15, 0.2) is 42.5 Å². The van der Waals surface area contributed by atoms with E-state index in [0.29, 0.717) is 24.7 Å². The molecular weight excluding hydrogens is 394 g/mol. The molecular formula is C23H37NO3Si2. The highest BCUT2D eigenvalue weighted by atomic mass is 28.3. The lowest BCUT2D eigenvalue weighted by molar-refractivity contribution is -0.0515. The van der Waals surface area contributed by atoms with E-state index in [2.05, 4.69) is 75.2 Å². The second-order valence-corrected chi connectivity index (χ2v) is 20.4. The van der Waals surface area contributed by atoms with Crippen LogP contribution in [0.2, 0.25) is 44.3 Å². The number of benzene rings is 1. The molecule has 0 saturated carbocycles. The SMILES string of the molecule is CCO[C@@H]1[C@H]2CC=C[C@H](C2[Si](C)(C)c2ccccc2)N1C(=O)OCC[Si](C)(C)C. The zero-order valence-electron chi connectivity index (χ0n) is 18.9. The van der Waals surface area contributed by atoms with Gasteiger partial charge in [0.05, 0.1) is 20.7 Å². The van der Waals surface area contributed by atoms with Crippen LogP contribution in [0.25, 0.3) is 0 Å². The van der Waals surface area contributed by atoms with E-state index in [-0.39, 0.29) is 18.4 Å². The van der Waals surface area contributed by atoms with Crippen molar-refractivity contribution in [3.63, 3.8) is 0 Å². The third kappa shape index (κ3) is 4.70. The number of ether oxygens (including phenoxy) is 2. The van der Waals surface area contributed by atoms with Gasteiger partial charge in [0.2, 0.25) is 0 Å². The summed E-state index contributed by atoms with van der Waals surface area (Å²) in [6.45, 7) is 14.9. The molecule has 1 aromatic carbocycles. The Morgan fingerprint density at radius 3 is 2.45 bits per heavy atom. The van der Waals surface area contributed by atoms with Gasteiger partial charge in [-0.3, -0.25) is 4.90 Å². The topological polar surface area (TPSA) is 38.8 Å². The van der Waals surface area contributed by atoms with Crippen LogP contribution in [-0.4, -0.2) is 52.6 Å². The van der Waals surface area contributed by atoms with Crippen molar-refractivity contribution >= 4 is 27.4 Å². The second kappa shape index (κ2) is 8.78. The predicted octanol–water partition coefficient (Wildman–Crippen LogP) is 5.07. The fraction of sp³-hybridized carbons (Fsp3) is 0.609. The molecule has 1 unspecified atom stereocenters. The molecule has 3 rings (SSSR count). The first kappa shape index (κ1) is 22.3. The first-order valence-electron chi connectivity index (χ1n) is 11.0. The number of amides is 1. The smallest absolute Gasteiger partial charge is 0.412 e. The van der Waals surface area contributed by atoms with Crippen molar-refractivity contribution in [3.8, 4) is 0 Å². The van der Waals surface area contributed by atoms with E-state index >= 15 is 0 Å². The van der Waals surface area contributed by atoms with Gasteiger partial charge in [-0.25, -0.2) is 4.79 Å². The molecule has 0 N–H and O–H groups in total. The van der Waals surface area contributed by atoms with Crippen LogP contribution in [0.5, 0.6) is 0 Å². The summed E-state index contributed by atoms with van der Waals surface area (Å²) in [5.41, 5.74) is 0.427. The Balaban J connectivity index is 1.87. The molecule has 1 aliphatic carbocycles. The molecule has 0 aromatic heterocycles. The third-order valence-electron chi connectivity index (χ3n) is 6.51. The second-order valence-electron chi connectivity index (χ2n) is 10.1. The van der Waals surface area contributed by atoms with E-state index in [1.165, 1.54) is 5.19 Å². The average molecular weight is 432 g/mol. The van der Waals surface area contributed by atoms with E-state index in [1.54, 1.807) is 0 Å². The number of hydrogen-bond acceptors (Lipinski definition) is 3. The van der Waals surface area contributed by atoms with Crippen molar-refractivity contribution in [2.75, 3.05) is 13.2 Å². The zero-order chi connectivity index (χ0) is 21.2. The molecule has 4 nitrogen and oxygen atoms in total. The normalized spacial score (nSPS) is 26.6. The summed E-state index contributed by atoms with van der Waals surface area (Å²) in [5, 5.41) is 1.44. The monoisotopic (exact) mass is 431 g/mol. The molecule has 1 saturated heterocycles. The predicted molar refractivity (Wildman–Crippen MR) is 125 cm³/mol. The van der Waals surface area contributed by atoms with Crippen LogP contribution < -0.4 is 5.19 Å². The molecule has 4 atom stereocenters. The molecule has 1 aliphatic heterocycles. The summed E-state index contributed by atoms with van der Waals surface area (Å²) in [4.78, 5) is 15.1. The number of rotatable bonds is 7. The number of allylic oxidation sites excluding steroid dienone is 1. The highest BCUT2D eigenvalue weighted by Crippen LogP contribution is 2.50. The number of carbonyl (C=O) groups excluding carboxylic acids is 1. The highest BCUT2D eigenvalue weighted by molar-refractivity contribution is 6.91. The van der Waals surface area contributed by atoms with Gasteiger partial charge in [0, 0.05) is 20.6 Å². The lowest BCUT2D eigenvalue weighted by Gasteiger charge is -2.38. The van der Waals surface area contributed by atoms with Crippen molar-refractivity contribution in [2.24, 2.45) is 5.92 Å². The highest BCUT2D eigenvalue weighted by Gasteiger charge is 2.57. The number of carbonyl (C=O) groups is 1. The molecule has 0 spiro atoms. The van der Waals surface area contributed by atoms with Gasteiger partial charge in [0.25, 0.3) is 0 Å². The van der Waals surface area contributed by atoms with Crippen molar-refractivity contribution in [3.05, 3.63) is 42.5 Å². The number of fused-ring (bicyclic) bond motifs is 2. The Morgan fingerprint density at radius 1 is 1.14 bits per heavy atom.